The summed E-state index contributed by atoms with van der Waals surface area (Å²) in [6, 6.07) is 6.27. The van der Waals surface area contributed by atoms with Crippen molar-refractivity contribution >= 4 is 17.3 Å². The summed E-state index contributed by atoms with van der Waals surface area (Å²) in [5.74, 6) is -0.0143. The third-order valence-corrected chi connectivity index (χ3v) is 4.16. The van der Waals surface area contributed by atoms with Gasteiger partial charge in [0.2, 0.25) is 0 Å². The van der Waals surface area contributed by atoms with Crippen LogP contribution in [0.25, 0.3) is 0 Å². The lowest BCUT2D eigenvalue weighted by Gasteiger charge is -2.19. The highest BCUT2D eigenvalue weighted by atomic mass is 16.5. The van der Waals surface area contributed by atoms with Crippen LogP contribution < -0.4 is 10.2 Å². The van der Waals surface area contributed by atoms with Gasteiger partial charge in [0.1, 0.15) is 6.10 Å². The van der Waals surface area contributed by atoms with Gasteiger partial charge in [-0.1, -0.05) is 0 Å². The van der Waals surface area contributed by atoms with Crippen molar-refractivity contribution in [3.05, 3.63) is 23.8 Å². The molecule has 0 spiro atoms. The van der Waals surface area contributed by atoms with Crippen molar-refractivity contribution in [1.29, 1.82) is 0 Å². The van der Waals surface area contributed by atoms with Crippen LogP contribution >= 0.6 is 0 Å². The van der Waals surface area contributed by atoms with Crippen LogP contribution in [0.3, 0.4) is 0 Å². The molecular weight excluding hydrogens is 252 g/mol. The average Bonchev–Trinajstić information content (AvgIpc) is 3.14. The average molecular weight is 274 g/mol. The van der Waals surface area contributed by atoms with Crippen LogP contribution in [-0.2, 0) is 9.53 Å². The first-order valence-corrected chi connectivity index (χ1v) is 7.52. The third kappa shape index (κ3) is 2.80. The second-order valence-corrected chi connectivity index (χ2v) is 5.68. The van der Waals surface area contributed by atoms with Gasteiger partial charge in [-0.3, -0.25) is 4.79 Å². The number of carbonyl (C=O) groups is 1. The minimum atomic E-state index is -0.271. The molecule has 2 saturated heterocycles. The molecular formula is C16H22N2O2. The summed E-state index contributed by atoms with van der Waals surface area (Å²) in [7, 11) is 0. The molecule has 108 valence electrons. The molecule has 0 aromatic heterocycles. The van der Waals surface area contributed by atoms with Crippen molar-refractivity contribution in [3.8, 4) is 0 Å². The third-order valence-electron chi connectivity index (χ3n) is 4.16. The highest BCUT2D eigenvalue weighted by Crippen LogP contribution is 2.26. The van der Waals surface area contributed by atoms with Crippen LogP contribution in [0.4, 0.5) is 11.4 Å². The van der Waals surface area contributed by atoms with E-state index >= 15 is 0 Å². The van der Waals surface area contributed by atoms with Crippen LogP contribution in [0.15, 0.2) is 18.2 Å². The predicted molar refractivity (Wildman–Crippen MR) is 80.2 cm³/mol. The van der Waals surface area contributed by atoms with Gasteiger partial charge in [0.15, 0.2) is 0 Å². The summed E-state index contributed by atoms with van der Waals surface area (Å²) in [4.78, 5) is 14.5. The van der Waals surface area contributed by atoms with Crippen LogP contribution in [0.1, 0.15) is 31.2 Å². The number of nitrogens with zero attached hydrogens (tertiary/aromatic N) is 1. The number of amides is 1. The number of rotatable bonds is 3. The molecule has 1 atom stereocenters. The van der Waals surface area contributed by atoms with Crippen molar-refractivity contribution in [1.82, 2.24) is 0 Å². The summed E-state index contributed by atoms with van der Waals surface area (Å²) in [6.45, 7) is 5.03. The Labute approximate surface area is 120 Å². The fourth-order valence-electron chi connectivity index (χ4n) is 2.96. The fourth-order valence-corrected chi connectivity index (χ4v) is 2.96. The predicted octanol–water partition coefficient (Wildman–Crippen LogP) is 2.71. The highest BCUT2D eigenvalue weighted by Gasteiger charge is 2.24. The maximum Gasteiger partial charge on any atom is 0.253 e. The Kier molecular flexibility index (Phi) is 3.92. The fraction of sp³-hybridized carbons (Fsp3) is 0.562. The molecule has 0 radical (unpaired) electrons. The largest absolute Gasteiger partial charge is 0.372 e. The first-order valence-electron chi connectivity index (χ1n) is 7.52. The molecule has 1 N–H and O–H groups in total. The van der Waals surface area contributed by atoms with Gasteiger partial charge < -0.3 is 15.0 Å². The van der Waals surface area contributed by atoms with E-state index in [0.717, 1.165) is 37.2 Å². The van der Waals surface area contributed by atoms with Crippen molar-refractivity contribution in [2.24, 2.45) is 0 Å². The van der Waals surface area contributed by atoms with Crippen LogP contribution in [0.5, 0.6) is 0 Å². The molecule has 0 aliphatic carbocycles. The molecule has 1 amide bonds. The van der Waals surface area contributed by atoms with Crippen molar-refractivity contribution in [2.75, 3.05) is 29.9 Å². The van der Waals surface area contributed by atoms with Gasteiger partial charge in [-0.2, -0.15) is 0 Å². The molecule has 2 heterocycles. The molecule has 4 heteroatoms. The Morgan fingerprint density at radius 3 is 2.75 bits per heavy atom. The van der Waals surface area contributed by atoms with E-state index in [1.165, 1.54) is 18.5 Å². The van der Waals surface area contributed by atoms with E-state index in [2.05, 4.69) is 22.3 Å². The topological polar surface area (TPSA) is 41.6 Å². The summed E-state index contributed by atoms with van der Waals surface area (Å²) in [5, 5.41) is 2.99. The van der Waals surface area contributed by atoms with Crippen LogP contribution in [-0.4, -0.2) is 31.7 Å². The maximum atomic E-state index is 12.1. The summed E-state index contributed by atoms with van der Waals surface area (Å²) in [5.41, 5.74) is 3.27. The quantitative estimate of drug-likeness (QED) is 0.921. The molecule has 1 aromatic rings. The summed E-state index contributed by atoms with van der Waals surface area (Å²) in [6.07, 6.45) is 4.09. The van der Waals surface area contributed by atoms with Crippen molar-refractivity contribution < 1.29 is 9.53 Å². The van der Waals surface area contributed by atoms with Gasteiger partial charge >= 0.3 is 0 Å². The maximum absolute atomic E-state index is 12.1. The highest BCUT2D eigenvalue weighted by molar-refractivity contribution is 5.95. The molecule has 1 aromatic carbocycles. The molecule has 0 unspecified atom stereocenters. The van der Waals surface area contributed by atoms with E-state index in [9.17, 15) is 4.79 Å². The lowest BCUT2D eigenvalue weighted by atomic mass is 10.1. The van der Waals surface area contributed by atoms with E-state index in [1.807, 2.05) is 13.0 Å². The lowest BCUT2D eigenvalue weighted by Crippen LogP contribution is -2.27. The number of hydrogen-bond donors (Lipinski definition) is 1. The minimum Gasteiger partial charge on any atom is -0.372 e. The minimum absolute atomic E-state index is 0.0143. The van der Waals surface area contributed by atoms with Gasteiger partial charge in [0.25, 0.3) is 5.91 Å². The van der Waals surface area contributed by atoms with Crippen molar-refractivity contribution in [3.63, 3.8) is 0 Å². The molecule has 20 heavy (non-hydrogen) atoms. The molecule has 0 bridgehead atoms. The van der Waals surface area contributed by atoms with Crippen molar-refractivity contribution in [2.45, 2.75) is 38.7 Å². The number of benzene rings is 1. The number of carbonyl (C=O) groups excluding carboxylic acids is 1. The van der Waals surface area contributed by atoms with E-state index < -0.39 is 0 Å². The SMILES string of the molecule is Cc1cc(N2CCCC2)ccc1NC(=O)[C@H]1CCCO1. The summed E-state index contributed by atoms with van der Waals surface area (Å²) < 4.78 is 5.41. The van der Waals surface area contributed by atoms with Gasteiger partial charge in [-0.15, -0.1) is 0 Å². The number of nitrogens with one attached hydrogen (secondary N) is 1. The van der Waals surface area contributed by atoms with E-state index in [-0.39, 0.29) is 12.0 Å². The number of anilines is 2. The van der Waals surface area contributed by atoms with E-state index in [4.69, 9.17) is 4.74 Å². The normalized spacial score (nSPS) is 22.2. The molecule has 4 nitrogen and oxygen atoms in total. The zero-order valence-electron chi connectivity index (χ0n) is 12.0. The van der Waals surface area contributed by atoms with Gasteiger partial charge in [0.05, 0.1) is 0 Å². The number of ether oxygens (including phenoxy) is 1. The lowest BCUT2D eigenvalue weighted by molar-refractivity contribution is -0.124. The van der Waals surface area contributed by atoms with E-state index in [1.54, 1.807) is 0 Å². The van der Waals surface area contributed by atoms with Gasteiger partial charge in [0, 0.05) is 31.1 Å². The Hall–Kier alpha value is -1.55. The molecule has 0 saturated carbocycles. The molecule has 2 aliphatic rings. The van der Waals surface area contributed by atoms with Gasteiger partial charge in [-0.05, 0) is 56.4 Å². The smallest absolute Gasteiger partial charge is 0.253 e. The second kappa shape index (κ2) is 5.83. The number of hydrogen-bond acceptors (Lipinski definition) is 3. The first kappa shape index (κ1) is 13.4. The Morgan fingerprint density at radius 2 is 2.10 bits per heavy atom. The van der Waals surface area contributed by atoms with Crippen LogP contribution in [0.2, 0.25) is 0 Å². The first-order chi connectivity index (χ1) is 9.74. The van der Waals surface area contributed by atoms with Gasteiger partial charge in [-0.25, -0.2) is 0 Å². The Bertz CT molecular complexity index is 489. The second-order valence-electron chi connectivity index (χ2n) is 5.68. The molecule has 2 fully saturated rings. The van der Waals surface area contributed by atoms with E-state index in [0.29, 0.717) is 6.61 Å². The standard InChI is InChI=1S/C16H22N2O2/c1-12-11-13(18-8-2-3-9-18)6-7-14(12)17-16(19)15-5-4-10-20-15/h6-7,11,15H,2-5,8-10H2,1H3,(H,17,19)/t15-/m1/s1. The summed E-state index contributed by atoms with van der Waals surface area (Å²) >= 11 is 0. The Morgan fingerprint density at radius 1 is 1.30 bits per heavy atom. The zero-order valence-corrected chi connectivity index (χ0v) is 12.0. The monoisotopic (exact) mass is 274 g/mol. The molecule has 3 rings (SSSR count). The number of aryl methyl sites for hydroxylation is 1. The zero-order chi connectivity index (χ0) is 13.9. The van der Waals surface area contributed by atoms with Crippen LogP contribution in [0, 0.1) is 6.92 Å². The Balaban J connectivity index is 1.68. The molecule has 2 aliphatic heterocycles.